The predicted molar refractivity (Wildman–Crippen MR) is 77.6 cm³/mol. The second kappa shape index (κ2) is 11.4. The molecular formula is C11H24ClNS2. The van der Waals surface area contributed by atoms with E-state index in [-0.39, 0.29) is 12.4 Å². The van der Waals surface area contributed by atoms with Gasteiger partial charge in [0.25, 0.3) is 0 Å². The van der Waals surface area contributed by atoms with Crippen LogP contribution in [0.4, 0.5) is 0 Å². The van der Waals surface area contributed by atoms with Crippen molar-refractivity contribution in [3.63, 3.8) is 0 Å². The van der Waals surface area contributed by atoms with E-state index in [0.29, 0.717) is 0 Å². The lowest BCUT2D eigenvalue weighted by atomic mass is 10.2. The number of thioether (sulfide) groups is 2. The zero-order chi connectivity index (χ0) is 10.1. The zero-order valence-electron chi connectivity index (χ0n) is 9.74. The highest BCUT2D eigenvalue weighted by Gasteiger charge is 2.10. The van der Waals surface area contributed by atoms with Crippen molar-refractivity contribution in [1.29, 1.82) is 0 Å². The van der Waals surface area contributed by atoms with Gasteiger partial charge in [0.05, 0.1) is 0 Å². The molecule has 0 unspecified atom stereocenters. The molecule has 4 heteroatoms. The summed E-state index contributed by atoms with van der Waals surface area (Å²) >= 11 is 4.21. The Balaban J connectivity index is 0.00000196. The number of halogens is 1. The predicted octanol–water partition coefficient (Wildman–Crippen LogP) is 3.73. The van der Waals surface area contributed by atoms with Crippen molar-refractivity contribution in [3.8, 4) is 0 Å². The SMILES string of the molecule is CCCCCCSCCN1CCSC1.Cl. The summed E-state index contributed by atoms with van der Waals surface area (Å²) in [6.07, 6.45) is 5.63. The summed E-state index contributed by atoms with van der Waals surface area (Å²) in [6.45, 7) is 4.91. The topological polar surface area (TPSA) is 3.24 Å². The van der Waals surface area contributed by atoms with E-state index in [9.17, 15) is 0 Å². The summed E-state index contributed by atoms with van der Waals surface area (Å²) in [7, 11) is 0. The van der Waals surface area contributed by atoms with Gasteiger partial charge in [-0.05, 0) is 12.2 Å². The van der Waals surface area contributed by atoms with Crippen molar-refractivity contribution in [2.24, 2.45) is 0 Å². The standard InChI is InChI=1S/C11H23NS2.ClH/c1-2-3-4-5-8-13-9-6-12-7-10-14-11-12;/h2-11H2,1H3;1H. The van der Waals surface area contributed by atoms with Crippen molar-refractivity contribution < 1.29 is 0 Å². The molecule has 0 aromatic heterocycles. The maximum atomic E-state index is 2.57. The van der Waals surface area contributed by atoms with Crippen LogP contribution < -0.4 is 0 Å². The minimum atomic E-state index is 0. The van der Waals surface area contributed by atoms with Gasteiger partial charge in [0.2, 0.25) is 0 Å². The first kappa shape index (κ1) is 16.0. The van der Waals surface area contributed by atoms with Crippen molar-refractivity contribution in [2.45, 2.75) is 32.6 Å². The van der Waals surface area contributed by atoms with Gasteiger partial charge in [-0.1, -0.05) is 26.2 Å². The Bertz CT molecular complexity index is 130. The van der Waals surface area contributed by atoms with Crippen LogP contribution in [0.25, 0.3) is 0 Å². The monoisotopic (exact) mass is 269 g/mol. The Morgan fingerprint density at radius 2 is 2.07 bits per heavy atom. The molecule has 0 atom stereocenters. The van der Waals surface area contributed by atoms with Gasteiger partial charge in [0.1, 0.15) is 0 Å². The van der Waals surface area contributed by atoms with Crippen LogP contribution in [0.2, 0.25) is 0 Å². The lowest BCUT2D eigenvalue weighted by Gasteiger charge is -2.12. The van der Waals surface area contributed by atoms with E-state index in [0.717, 1.165) is 0 Å². The lowest BCUT2D eigenvalue weighted by Crippen LogP contribution is -2.22. The molecule has 0 bridgehead atoms. The van der Waals surface area contributed by atoms with E-state index in [1.165, 1.54) is 61.9 Å². The molecule has 1 aliphatic rings. The molecule has 0 aliphatic carbocycles. The van der Waals surface area contributed by atoms with E-state index >= 15 is 0 Å². The van der Waals surface area contributed by atoms with Gasteiger partial charge in [0, 0.05) is 30.5 Å². The van der Waals surface area contributed by atoms with E-state index in [2.05, 4.69) is 35.3 Å². The maximum absolute atomic E-state index is 2.57. The van der Waals surface area contributed by atoms with E-state index in [1.54, 1.807) is 0 Å². The highest BCUT2D eigenvalue weighted by Crippen LogP contribution is 2.14. The molecule has 1 heterocycles. The average Bonchev–Trinajstić information content (AvgIpc) is 2.69. The first-order valence-electron chi connectivity index (χ1n) is 5.81. The van der Waals surface area contributed by atoms with Crippen LogP contribution in [-0.4, -0.2) is 41.1 Å². The number of unbranched alkanes of at least 4 members (excludes halogenated alkanes) is 3. The van der Waals surface area contributed by atoms with Crippen molar-refractivity contribution in [1.82, 2.24) is 4.90 Å². The molecule has 0 radical (unpaired) electrons. The molecule has 1 saturated heterocycles. The molecule has 1 nitrogen and oxygen atoms in total. The smallest absolute Gasteiger partial charge is 0.0445 e. The second-order valence-electron chi connectivity index (χ2n) is 3.83. The van der Waals surface area contributed by atoms with Crippen LogP contribution in [0.3, 0.4) is 0 Å². The third kappa shape index (κ3) is 8.73. The Morgan fingerprint density at radius 1 is 1.20 bits per heavy atom. The highest BCUT2D eigenvalue weighted by atomic mass is 35.5. The molecule has 1 rings (SSSR count). The van der Waals surface area contributed by atoms with E-state index in [4.69, 9.17) is 0 Å². The van der Waals surface area contributed by atoms with Crippen LogP contribution >= 0.6 is 35.9 Å². The van der Waals surface area contributed by atoms with E-state index < -0.39 is 0 Å². The fraction of sp³-hybridized carbons (Fsp3) is 1.00. The number of hydrogen-bond donors (Lipinski definition) is 0. The van der Waals surface area contributed by atoms with Crippen molar-refractivity contribution >= 4 is 35.9 Å². The molecule has 0 amide bonds. The van der Waals surface area contributed by atoms with Crippen LogP contribution in [0.5, 0.6) is 0 Å². The summed E-state index contributed by atoms with van der Waals surface area (Å²) < 4.78 is 0. The molecule has 1 fully saturated rings. The quantitative estimate of drug-likeness (QED) is 0.618. The fourth-order valence-electron chi connectivity index (χ4n) is 1.55. The molecule has 0 N–H and O–H groups in total. The molecule has 0 saturated carbocycles. The molecule has 92 valence electrons. The summed E-state index contributed by atoms with van der Waals surface area (Å²) in [5.41, 5.74) is 0. The molecule has 0 aromatic carbocycles. The van der Waals surface area contributed by atoms with Crippen molar-refractivity contribution in [2.75, 3.05) is 36.2 Å². The molecular weight excluding hydrogens is 246 g/mol. The molecule has 0 aromatic rings. The Kier molecular flexibility index (Phi) is 12.2. The maximum Gasteiger partial charge on any atom is 0.0445 e. The summed E-state index contributed by atoms with van der Waals surface area (Å²) in [6, 6.07) is 0. The number of rotatable bonds is 8. The Morgan fingerprint density at radius 3 is 2.73 bits per heavy atom. The van der Waals surface area contributed by atoms with Gasteiger partial charge in [-0.25, -0.2) is 0 Å². The highest BCUT2D eigenvalue weighted by molar-refractivity contribution is 7.99. The summed E-state index contributed by atoms with van der Waals surface area (Å²) in [5.74, 6) is 5.34. The second-order valence-corrected chi connectivity index (χ2v) is 6.13. The summed E-state index contributed by atoms with van der Waals surface area (Å²) in [4.78, 5) is 2.57. The Labute approximate surface area is 110 Å². The first-order valence-corrected chi connectivity index (χ1v) is 8.12. The van der Waals surface area contributed by atoms with Gasteiger partial charge in [0.15, 0.2) is 0 Å². The average molecular weight is 270 g/mol. The van der Waals surface area contributed by atoms with Gasteiger partial charge < -0.3 is 0 Å². The first-order chi connectivity index (χ1) is 6.93. The van der Waals surface area contributed by atoms with E-state index in [1.807, 2.05) is 0 Å². The zero-order valence-corrected chi connectivity index (χ0v) is 12.2. The number of hydrogen-bond acceptors (Lipinski definition) is 3. The Hall–Kier alpha value is 0.950. The van der Waals surface area contributed by atoms with Crippen molar-refractivity contribution in [3.05, 3.63) is 0 Å². The minimum Gasteiger partial charge on any atom is -0.292 e. The van der Waals surface area contributed by atoms with Crippen LogP contribution in [-0.2, 0) is 0 Å². The minimum absolute atomic E-state index is 0. The van der Waals surface area contributed by atoms with Gasteiger partial charge in [-0.2, -0.15) is 11.8 Å². The van der Waals surface area contributed by atoms with Crippen LogP contribution in [0, 0.1) is 0 Å². The fourth-order valence-corrected chi connectivity index (χ4v) is 3.59. The summed E-state index contributed by atoms with van der Waals surface area (Å²) in [5, 5.41) is 0. The van der Waals surface area contributed by atoms with Crippen LogP contribution in [0.1, 0.15) is 32.6 Å². The van der Waals surface area contributed by atoms with Gasteiger partial charge in [-0.15, -0.1) is 24.2 Å². The largest absolute Gasteiger partial charge is 0.292 e. The van der Waals surface area contributed by atoms with Crippen LogP contribution in [0.15, 0.2) is 0 Å². The van der Waals surface area contributed by atoms with Gasteiger partial charge in [-0.3, -0.25) is 4.90 Å². The van der Waals surface area contributed by atoms with Gasteiger partial charge >= 0.3 is 0 Å². The molecule has 0 spiro atoms. The normalized spacial score (nSPS) is 16.6. The molecule has 15 heavy (non-hydrogen) atoms. The third-order valence-electron chi connectivity index (χ3n) is 2.52. The third-order valence-corrected chi connectivity index (χ3v) is 4.59. The lowest BCUT2D eigenvalue weighted by molar-refractivity contribution is 0.380. The molecule has 1 aliphatic heterocycles. The number of nitrogens with zero attached hydrogens (tertiary/aromatic N) is 1.